The van der Waals surface area contributed by atoms with Crippen molar-refractivity contribution in [2.45, 2.75) is 26.0 Å². The Bertz CT molecular complexity index is 464. The molecule has 0 saturated carbocycles. The highest BCUT2D eigenvalue weighted by atomic mass is 32.1. The van der Waals surface area contributed by atoms with Gasteiger partial charge in [-0.05, 0) is 36.9 Å². The van der Waals surface area contributed by atoms with Gasteiger partial charge in [-0.3, -0.25) is 4.79 Å². The van der Waals surface area contributed by atoms with Crippen LogP contribution in [0.4, 0.5) is 0 Å². The summed E-state index contributed by atoms with van der Waals surface area (Å²) in [6, 6.07) is 0.629. The van der Waals surface area contributed by atoms with E-state index >= 15 is 0 Å². The summed E-state index contributed by atoms with van der Waals surface area (Å²) in [6.45, 7) is 3.23. The molecule has 0 spiro atoms. The van der Waals surface area contributed by atoms with E-state index in [4.69, 9.17) is 5.11 Å². The molecule has 18 heavy (non-hydrogen) atoms. The highest BCUT2D eigenvalue weighted by molar-refractivity contribution is 7.11. The number of carbonyl (C=O) groups is 2. The van der Waals surface area contributed by atoms with Crippen molar-refractivity contribution in [3.63, 3.8) is 0 Å². The molecule has 1 rings (SSSR count). The van der Waals surface area contributed by atoms with Crippen LogP contribution in [0.25, 0.3) is 6.08 Å². The van der Waals surface area contributed by atoms with Crippen molar-refractivity contribution in [3.05, 3.63) is 28.0 Å². The fourth-order valence-electron chi connectivity index (χ4n) is 1.30. The van der Waals surface area contributed by atoms with Crippen LogP contribution in [0.1, 0.15) is 17.4 Å². The number of nitrogens with one attached hydrogen (secondary N) is 1. The van der Waals surface area contributed by atoms with Gasteiger partial charge >= 0.3 is 5.97 Å². The van der Waals surface area contributed by atoms with Crippen molar-refractivity contribution in [1.82, 2.24) is 5.32 Å². The van der Waals surface area contributed by atoms with Crippen LogP contribution < -0.4 is 5.32 Å². The van der Waals surface area contributed by atoms with Gasteiger partial charge in [-0.2, -0.15) is 0 Å². The Hall–Kier alpha value is -1.66. The molecule has 1 aromatic rings. The maximum Gasteiger partial charge on any atom is 0.328 e. The Kier molecular flexibility index (Phi) is 5.06. The van der Waals surface area contributed by atoms with Gasteiger partial charge in [0.25, 0.3) is 0 Å². The largest absolute Gasteiger partial charge is 0.480 e. The molecule has 1 aromatic heterocycles. The summed E-state index contributed by atoms with van der Waals surface area (Å²) in [5, 5.41) is 22.1. The fraction of sp³-hybridized carbons (Fsp3) is 0.333. The molecule has 0 aliphatic heterocycles. The van der Waals surface area contributed by atoms with Gasteiger partial charge in [0.1, 0.15) is 0 Å². The predicted molar refractivity (Wildman–Crippen MR) is 69.3 cm³/mol. The fourth-order valence-corrected chi connectivity index (χ4v) is 2.12. The summed E-state index contributed by atoms with van der Waals surface area (Å²) in [5.74, 6) is -1.81. The van der Waals surface area contributed by atoms with E-state index in [1.807, 2.05) is 18.4 Å². The SMILES string of the molecule is Cc1ccsc1/C=C/C(=O)NC(C(=O)O)C(C)O. The first kappa shape index (κ1) is 14.4. The highest BCUT2D eigenvalue weighted by Crippen LogP contribution is 2.16. The zero-order chi connectivity index (χ0) is 13.7. The molecule has 0 aliphatic rings. The number of carboxylic acids is 1. The molecule has 6 heteroatoms. The molecule has 2 unspecified atom stereocenters. The minimum Gasteiger partial charge on any atom is -0.480 e. The lowest BCUT2D eigenvalue weighted by Gasteiger charge is -2.15. The summed E-state index contributed by atoms with van der Waals surface area (Å²) in [7, 11) is 0. The van der Waals surface area contributed by atoms with Crippen molar-refractivity contribution in [3.8, 4) is 0 Å². The summed E-state index contributed by atoms with van der Waals surface area (Å²) in [6.07, 6.45) is 1.73. The van der Waals surface area contributed by atoms with Crippen LogP contribution in [0.3, 0.4) is 0 Å². The zero-order valence-electron chi connectivity index (χ0n) is 10.1. The summed E-state index contributed by atoms with van der Waals surface area (Å²) >= 11 is 1.49. The summed E-state index contributed by atoms with van der Waals surface area (Å²) in [5.41, 5.74) is 1.05. The average molecular weight is 269 g/mol. The van der Waals surface area contributed by atoms with E-state index in [-0.39, 0.29) is 0 Å². The Labute approximate surface area is 109 Å². The van der Waals surface area contributed by atoms with Crippen molar-refractivity contribution in [2.75, 3.05) is 0 Å². The molecule has 98 valence electrons. The number of amides is 1. The van der Waals surface area contributed by atoms with Gasteiger partial charge in [-0.1, -0.05) is 0 Å². The molecule has 0 radical (unpaired) electrons. The Morgan fingerprint density at radius 2 is 2.17 bits per heavy atom. The number of rotatable bonds is 5. The minimum atomic E-state index is -1.30. The van der Waals surface area contributed by atoms with Gasteiger partial charge in [0.15, 0.2) is 6.04 Å². The molecule has 1 amide bonds. The van der Waals surface area contributed by atoms with Crippen LogP contribution in [-0.4, -0.2) is 34.2 Å². The van der Waals surface area contributed by atoms with Crippen LogP contribution in [0, 0.1) is 6.92 Å². The first-order chi connectivity index (χ1) is 8.41. The quantitative estimate of drug-likeness (QED) is 0.696. The second kappa shape index (κ2) is 6.32. The number of hydrogen-bond donors (Lipinski definition) is 3. The van der Waals surface area contributed by atoms with Gasteiger partial charge in [0.2, 0.25) is 5.91 Å². The van der Waals surface area contributed by atoms with Gasteiger partial charge in [-0.15, -0.1) is 11.3 Å². The van der Waals surface area contributed by atoms with Gasteiger partial charge < -0.3 is 15.5 Å². The highest BCUT2D eigenvalue weighted by Gasteiger charge is 2.23. The first-order valence-corrected chi connectivity index (χ1v) is 6.23. The van der Waals surface area contributed by atoms with E-state index in [9.17, 15) is 14.7 Å². The summed E-state index contributed by atoms with van der Waals surface area (Å²) < 4.78 is 0. The van der Waals surface area contributed by atoms with Gasteiger partial charge in [0.05, 0.1) is 6.10 Å². The summed E-state index contributed by atoms with van der Waals surface area (Å²) in [4.78, 5) is 23.2. The molecular weight excluding hydrogens is 254 g/mol. The lowest BCUT2D eigenvalue weighted by Crippen LogP contribution is -2.47. The smallest absolute Gasteiger partial charge is 0.328 e. The third kappa shape index (κ3) is 3.97. The van der Waals surface area contributed by atoms with Crippen LogP contribution in [-0.2, 0) is 9.59 Å². The molecule has 0 aromatic carbocycles. The maximum absolute atomic E-state index is 11.5. The molecule has 0 aliphatic carbocycles. The van der Waals surface area contributed by atoms with E-state index in [1.54, 1.807) is 6.08 Å². The average Bonchev–Trinajstić information content (AvgIpc) is 2.68. The number of carboxylic acid groups (broad SMARTS) is 1. The van der Waals surface area contributed by atoms with Crippen molar-refractivity contribution in [1.29, 1.82) is 0 Å². The van der Waals surface area contributed by atoms with Crippen LogP contribution in [0.5, 0.6) is 0 Å². The van der Waals surface area contributed by atoms with Gasteiger partial charge in [-0.25, -0.2) is 4.79 Å². The number of carbonyl (C=O) groups excluding carboxylic acids is 1. The molecule has 3 N–H and O–H groups in total. The number of aliphatic hydroxyl groups is 1. The molecule has 0 fully saturated rings. The number of aryl methyl sites for hydroxylation is 1. The number of thiophene rings is 1. The number of aliphatic hydroxyl groups excluding tert-OH is 1. The zero-order valence-corrected chi connectivity index (χ0v) is 10.9. The predicted octanol–water partition coefficient (Wildman–Crippen LogP) is 1.02. The van der Waals surface area contributed by atoms with Crippen molar-refractivity contribution in [2.24, 2.45) is 0 Å². The van der Waals surface area contributed by atoms with Crippen molar-refractivity contribution < 1.29 is 19.8 Å². The van der Waals surface area contributed by atoms with Crippen LogP contribution in [0.15, 0.2) is 17.5 Å². The molecule has 0 saturated heterocycles. The minimum absolute atomic E-state index is 0.545. The Morgan fingerprint density at radius 3 is 2.61 bits per heavy atom. The third-order valence-corrected chi connectivity index (χ3v) is 3.32. The van der Waals surface area contributed by atoms with Crippen molar-refractivity contribution >= 4 is 29.3 Å². The van der Waals surface area contributed by atoms with Crippen LogP contribution >= 0.6 is 11.3 Å². The number of hydrogen-bond acceptors (Lipinski definition) is 4. The van der Waals surface area contributed by atoms with E-state index in [1.165, 1.54) is 24.3 Å². The molecule has 0 bridgehead atoms. The Balaban J connectivity index is 2.64. The van der Waals surface area contributed by atoms with Gasteiger partial charge in [0, 0.05) is 11.0 Å². The lowest BCUT2D eigenvalue weighted by atomic mass is 10.2. The van der Waals surface area contributed by atoms with E-state index in [0.717, 1.165) is 10.4 Å². The molecule has 5 nitrogen and oxygen atoms in total. The normalized spacial score (nSPS) is 14.4. The number of aliphatic carboxylic acids is 1. The van der Waals surface area contributed by atoms with Crippen LogP contribution in [0.2, 0.25) is 0 Å². The lowest BCUT2D eigenvalue weighted by molar-refractivity contribution is -0.144. The third-order valence-electron chi connectivity index (χ3n) is 2.33. The first-order valence-electron chi connectivity index (χ1n) is 5.35. The van der Waals surface area contributed by atoms with E-state index in [0.29, 0.717) is 0 Å². The standard InChI is InChI=1S/C12H15NO4S/c1-7-5-6-18-9(7)3-4-10(15)13-11(8(2)14)12(16)17/h3-6,8,11,14H,1-2H3,(H,13,15)(H,16,17)/b4-3+. The molecular formula is C12H15NO4S. The van der Waals surface area contributed by atoms with E-state index < -0.39 is 24.0 Å². The molecule has 2 atom stereocenters. The Morgan fingerprint density at radius 1 is 1.50 bits per heavy atom. The second-order valence-corrected chi connectivity index (χ2v) is 4.81. The second-order valence-electron chi connectivity index (χ2n) is 3.87. The monoisotopic (exact) mass is 269 g/mol. The topological polar surface area (TPSA) is 86.6 Å². The van der Waals surface area contributed by atoms with E-state index in [2.05, 4.69) is 5.32 Å². The maximum atomic E-state index is 11.5. The molecule has 1 heterocycles.